The Kier molecular flexibility index (Phi) is 6.47. The number of fused-ring (bicyclic) bond motifs is 1. The van der Waals surface area contributed by atoms with E-state index in [0.29, 0.717) is 17.5 Å². The lowest BCUT2D eigenvalue weighted by Gasteiger charge is -2.00. The molecule has 11 heteroatoms. The minimum absolute atomic E-state index is 0.135. The first kappa shape index (κ1) is 21.5. The van der Waals surface area contributed by atoms with Crippen molar-refractivity contribution in [2.24, 2.45) is 5.10 Å². The third kappa shape index (κ3) is 5.13. The summed E-state index contributed by atoms with van der Waals surface area (Å²) >= 11 is 2.92. The third-order valence-corrected chi connectivity index (χ3v) is 6.12. The Labute approximate surface area is 190 Å². The van der Waals surface area contributed by atoms with Crippen molar-refractivity contribution in [3.8, 4) is 5.75 Å². The van der Waals surface area contributed by atoms with Crippen LogP contribution in [0.25, 0.3) is 10.2 Å². The number of nitro benzene ring substituents is 1. The van der Waals surface area contributed by atoms with Crippen molar-refractivity contribution in [3.05, 3.63) is 76.0 Å². The number of rotatable bonds is 8. The van der Waals surface area contributed by atoms with Gasteiger partial charge in [0.1, 0.15) is 11.5 Å². The molecule has 0 spiro atoms. The van der Waals surface area contributed by atoms with Crippen molar-refractivity contribution >= 4 is 51.1 Å². The van der Waals surface area contributed by atoms with Crippen LogP contribution >= 0.6 is 23.1 Å². The number of carbonyl (C=O) groups excluding carboxylic acids is 1. The molecule has 2 aromatic heterocycles. The van der Waals surface area contributed by atoms with E-state index in [1.54, 1.807) is 12.1 Å². The van der Waals surface area contributed by atoms with Gasteiger partial charge in [-0.05, 0) is 55.1 Å². The zero-order valence-electron chi connectivity index (χ0n) is 16.7. The first-order valence-corrected chi connectivity index (χ1v) is 11.0. The number of nitrogens with one attached hydrogen (secondary N) is 1. The fourth-order valence-corrected chi connectivity index (χ4v) is 4.71. The second-order valence-corrected chi connectivity index (χ2v) is 8.59. The largest absolute Gasteiger partial charge is 0.494 e. The monoisotopic (exact) mass is 468 g/mol. The summed E-state index contributed by atoms with van der Waals surface area (Å²) in [6, 6.07) is 14.7. The number of hydrazone groups is 1. The average molecular weight is 469 g/mol. The van der Waals surface area contributed by atoms with Crippen LogP contribution < -0.4 is 10.2 Å². The van der Waals surface area contributed by atoms with Gasteiger partial charge in [-0.1, -0.05) is 6.07 Å². The van der Waals surface area contributed by atoms with Crippen molar-refractivity contribution < 1.29 is 18.9 Å². The van der Waals surface area contributed by atoms with E-state index >= 15 is 0 Å². The molecule has 1 amide bonds. The Morgan fingerprint density at radius 3 is 3.00 bits per heavy atom. The van der Waals surface area contributed by atoms with Gasteiger partial charge in [-0.25, -0.2) is 10.4 Å². The molecular formula is C21H16N4O5S2. The summed E-state index contributed by atoms with van der Waals surface area (Å²) in [5.41, 5.74) is 3.18. The van der Waals surface area contributed by atoms with E-state index in [1.165, 1.54) is 53.6 Å². The molecule has 2 aromatic carbocycles. The quantitative estimate of drug-likeness (QED) is 0.217. The number of amides is 1. The highest BCUT2D eigenvalue weighted by molar-refractivity contribution is 8.01. The van der Waals surface area contributed by atoms with Gasteiger partial charge < -0.3 is 9.15 Å². The highest BCUT2D eigenvalue weighted by Crippen LogP contribution is 2.36. The number of nitrogens with zero attached hydrogens (tertiary/aromatic N) is 3. The fourth-order valence-electron chi connectivity index (χ4n) is 2.71. The van der Waals surface area contributed by atoms with Crippen LogP contribution in [0, 0.1) is 10.1 Å². The number of nitro groups is 1. The molecule has 0 aliphatic heterocycles. The predicted molar refractivity (Wildman–Crippen MR) is 122 cm³/mol. The predicted octanol–water partition coefficient (Wildman–Crippen LogP) is 5.11. The van der Waals surface area contributed by atoms with Gasteiger partial charge in [0.15, 0.2) is 9.43 Å². The van der Waals surface area contributed by atoms with Crippen molar-refractivity contribution in [2.75, 3.05) is 6.61 Å². The Bertz CT molecular complexity index is 1310. The third-order valence-electron chi connectivity index (χ3n) is 4.12. The topological polar surface area (TPSA) is 120 Å². The van der Waals surface area contributed by atoms with Crippen molar-refractivity contribution in [1.29, 1.82) is 0 Å². The maximum Gasteiger partial charge on any atom is 0.271 e. The van der Waals surface area contributed by atoms with E-state index in [2.05, 4.69) is 15.5 Å². The van der Waals surface area contributed by atoms with Crippen LogP contribution in [0.2, 0.25) is 0 Å². The van der Waals surface area contributed by atoms with Crippen LogP contribution in [-0.2, 0) is 0 Å². The molecule has 0 bridgehead atoms. The van der Waals surface area contributed by atoms with E-state index in [4.69, 9.17) is 9.15 Å². The molecule has 0 saturated carbocycles. The number of benzene rings is 2. The molecule has 0 radical (unpaired) electrons. The lowest BCUT2D eigenvalue weighted by Crippen LogP contribution is -2.17. The van der Waals surface area contributed by atoms with Crippen LogP contribution in [-0.4, -0.2) is 28.6 Å². The molecule has 1 N–H and O–H groups in total. The normalized spacial score (nSPS) is 11.2. The van der Waals surface area contributed by atoms with Gasteiger partial charge in [-0.2, -0.15) is 5.10 Å². The van der Waals surface area contributed by atoms with E-state index < -0.39 is 10.8 Å². The van der Waals surface area contributed by atoms with Crippen LogP contribution in [0.15, 0.2) is 73.5 Å². The first-order valence-electron chi connectivity index (χ1n) is 9.41. The first-order chi connectivity index (χ1) is 15.5. The number of thiazole rings is 1. The number of furan rings is 1. The number of hydrogen-bond acceptors (Lipinski definition) is 9. The maximum atomic E-state index is 12.1. The number of aromatic nitrogens is 1. The van der Waals surface area contributed by atoms with Crippen molar-refractivity contribution in [2.45, 2.75) is 16.4 Å². The van der Waals surface area contributed by atoms with E-state index in [0.717, 1.165) is 20.3 Å². The van der Waals surface area contributed by atoms with E-state index in [9.17, 15) is 14.9 Å². The number of ether oxygens (including phenoxy) is 1. The molecule has 0 fully saturated rings. The molecule has 4 aromatic rings. The Morgan fingerprint density at radius 1 is 1.31 bits per heavy atom. The summed E-state index contributed by atoms with van der Waals surface area (Å²) in [5, 5.41) is 15.3. The zero-order chi connectivity index (χ0) is 22.5. The minimum Gasteiger partial charge on any atom is -0.494 e. The summed E-state index contributed by atoms with van der Waals surface area (Å²) in [7, 11) is 0. The SMILES string of the molecule is CCOc1ccc2nc(Sc3ccc(/C=N/NC(=O)c4cccc([N+](=O)[O-])c4)o3)sc2c1. The Morgan fingerprint density at radius 2 is 2.19 bits per heavy atom. The summed E-state index contributed by atoms with van der Waals surface area (Å²) in [6.45, 7) is 2.55. The Balaban J connectivity index is 1.38. The standard InChI is InChI=1S/C21H16N4O5S2/c1-2-29-15-6-8-17-18(11-15)31-21(23-17)32-19-9-7-16(30-19)12-22-24-20(26)13-4-3-5-14(10-13)25(27)28/h3-12H,2H2,1H3,(H,24,26)/b22-12+. The van der Waals surface area contributed by atoms with Crippen LogP contribution in [0.4, 0.5) is 5.69 Å². The van der Waals surface area contributed by atoms with Crippen molar-refractivity contribution in [1.82, 2.24) is 10.4 Å². The maximum absolute atomic E-state index is 12.1. The highest BCUT2D eigenvalue weighted by atomic mass is 32.2. The van der Waals surface area contributed by atoms with Crippen LogP contribution in [0.1, 0.15) is 23.0 Å². The number of non-ortho nitro benzene ring substituents is 1. The molecule has 0 unspecified atom stereocenters. The second kappa shape index (κ2) is 9.62. The molecule has 0 aliphatic carbocycles. The van der Waals surface area contributed by atoms with Gasteiger partial charge in [0.05, 0.1) is 28.0 Å². The number of carbonyl (C=O) groups is 1. The highest BCUT2D eigenvalue weighted by Gasteiger charge is 2.12. The van der Waals surface area contributed by atoms with Gasteiger partial charge in [-0.15, -0.1) is 11.3 Å². The molecule has 32 heavy (non-hydrogen) atoms. The smallest absolute Gasteiger partial charge is 0.271 e. The molecule has 0 aliphatic rings. The Hall–Kier alpha value is -3.70. The molecule has 9 nitrogen and oxygen atoms in total. The molecule has 162 valence electrons. The van der Waals surface area contributed by atoms with Crippen LogP contribution in [0.5, 0.6) is 5.75 Å². The molecule has 4 rings (SSSR count). The summed E-state index contributed by atoms with van der Waals surface area (Å²) in [5.74, 6) is 0.683. The minimum atomic E-state index is -0.564. The molecule has 0 saturated heterocycles. The van der Waals surface area contributed by atoms with Crippen LogP contribution in [0.3, 0.4) is 0 Å². The van der Waals surface area contributed by atoms with Gasteiger partial charge in [0.2, 0.25) is 0 Å². The van der Waals surface area contributed by atoms with Gasteiger partial charge in [-0.3, -0.25) is 14.9 Å². The summed E-state index contributed by atoms with van der Waals surface area (Å²) in [4.78, 5) is 26.9. The lowest BCUT2D eigenvalue weighted by atomic mass is 10.2. The van der Waals surface area contributed by atoms with Crippen molar-refractivity contribution in [3.63, 3.8) is 0 Å². The molecular weight excluding hydrogens is 452 g/mol. The molecule has 2 heterocycles. The lowest BCUT2D eigenvalue weighted by molar-refractivity contribution is -0.384. The molecule has 0 atom stereocenters. The van der Waals surface area contributed by atoms with Gasteiger partial charge in [0, 0.05) is 17.7 Å². The van der Waals surface area contributed by atoms with Gasteiger partial charge >= 0.3 is 0 Å². The average Bonchev–Trinajstić information content (AvgIpc) is 3.40. The van der Waals surface area contributed by atoms with Gasteiger partial charge in [0.25, 0.3) is 11.6 Å². The van der Waals surface area contributed by atoms with E-state index in [-0.39, 0.29) is 11.3 Å². The second-order valence-electron chi connectivity index (χ2n) is 6.31. The zero-order valence-corrected chi connectivity index (χ0v) is 18.3. The number of hydrogen-bond donors (Lipinski definition) is 1. The summed E-state index contributed by atoms with van der Waals surface area (Å²) < 4.78 is 13.1. The summed E-state index contributed by atoms with van der Waals surface area (Å²) in [6.07, 6.45) is 1.35. The fraction of sp³-hybridized carbons (Fsp3) is 0.0952. The van der Waals surface area contributed by atoms with E-state index in [1.807, 2.05) is 25.1 Å².